The Morgan fingerprint density at radius 1 is 1.20 bits per heavy atom. The molecular weight excluding hydrogens is 519 g/mol. The van der Waals surface area contributed by atoms with Crippen molar-refractivity contribution in [1.29, 1.82) is 0 Å². The highest BCUT2D eigenvalue weighted by Crippen LogP contribution is 2.32. The molecule has 1 aliphatic heterocycles. The van der Waals surface area contributed by atoms with Crippen molar-refractivity contribution in [3.63, 3.8) is 0 Å². The molecule has 1 N–H and O–H groups in total. The second-order valence-electron chi connectivity index (χ2n) is 9.25. The number of piperidine rings is 1. The summed E-state index contributed by atoms with van der Waals surface area (Å²) >= 11 is 0. The van der Waals surface area contributed by atoms with E-state index in [1.807, 2.05) is 25.7 Å². The number of likely N-dealkylation sites (tertiary alicyclic amines) is 1. The van der Waals surface area contributed by atoms with E-state index in [0.717, 1.165) is 38.4 Å². The van der Waals surface area contributed by atoms with Crippen LogP contribution in [-0.4, -0.2) is 87.1 Å². The number of guanidine groups is 1. The Morgan fingerprint density at radius 2 is 1.80 bits per heavy atom. The molecule has 0 aromatic rings. The lowest BCUT2D eigenvalue weighted by Crippen LogP contribution is -2.52. The predicted octanol–water partition coefficient (Wildman–Crippen LogP) is 2.73. The van der Waals surface area contributed by atoms with Crippen LogP contribution in [0, 0.1) is 5.92 Å². The van der Waals surface area contributed by atoms with E-state index in [1.165, 1.54) is 19.1 Å². The molecule has 1 saturated carbocycles. The summed E-state index contributed by atoms with van der Waals surface area (Å²) in [5.74, 6) is 1.58. The average molecular weight is 559 g/mol. The van der Waals surface area contributed by atoms with Gasteiger partial charge in [0.2, 0.25) is 0 Å². The summed E-state index contributed by atoms with van der Waals surface area (Å²) in [4.78, 5) is 21.2. The number of nitrogens with zero attached hydrogens (tertiary/aromatic N) is 3. The number of hydrogen-bond donors (Lipinski definition) is 1. The van der Waals surface area contributed by atoms with Gasteiger partial charge in [-0.1, -0.05) is 0 Å². The fourth-order valence-electron chi connectivity index (χ4n) is 3.53. The molecule has 8 nitrogen and oxygen atoms in total. The average Bonchev–Trinajstić information content (AvgIpc) is 3.42. The molecule has 1 heterocycles. The summed E-state index contributed by atoms with van der Waals surface area (Å²) in [6.07, 6.45) is 5.74. The van der Waals surface area contributed by atoms with E-state index in [-0.39, 0.29) is 41.9 Å². The predicted molar refractivity (Wildman–Crippen MR) is 131 cm³/mol. The number of sulfone groups is 1. The monoisotopic (exact) mass is 558 g/mol. The van der Waals surface area contributed by atoms with Gasteiger partial charge in [-0.3, -0.25) is 4.99 Å². The fourth-order valence-corrected chi connectivity index (χ4v) is 4.20. The largest absolute Gasteiger partial charge is 0.444 e. The molecule has 30 heavy (non-hydrogen) atoms. The van der Waals surface area contributed by atoms with Gasteiger partial charge in [-0.2, -0.15) is 0 Å². The first-order valence-electron chi connectivity index (χ1n) is 10.6. The molecule has 2 aliphatic rings. The zero-order valence-corrected chi connectivity index (χ0v) is 22.2. The van der Waals surface area contributed by atoms with E-state index >= 15 is 0 Å². The Kier molecular flexibility index (Phi) is 10.7. The Hall–Kier alpha value is -0.780. The molecule has 2 rings (SSSR count). The number of rotatable bonds is 7. The third kappa shape index (κ3) is 10.0. The summed E-state index contributed by atoms with van der Waals surface area (Å²) in [5, 5.41) is 3.26. The third-order valence-electron chi connectivity index (χ3n) is 5.17. The topological polar surface area (TPSA) is 91.3 Å². The minimum Gasteiger partial charge on any atom is -0.444 e. The summed E-state index contributed by atoms with van der Waals surface area (Å²) in [5.41, 5.74) is -0.489. The van der Waals surface area contributed by atoms with Gasteiger partial charge in [-0.15, -0.1) is 24.0 Å². The number of carbonyl (C=O) groups excluding carboxylic acids is 1. The van der Waals surface area contributed by atoms with Gasteiger partial charge in [0.1, 0.15) is 15.4 Å². The van der Waals surface area contributed by atoms with E-state index in [4.69, 9.17) is 4.74 Å². The Morgan fingerprint density at radius 3 is 2.27 bits per heavy atom. The molecule has 2 fully saturated rings. The minimum atomic E-state index is -2.94. The highest BCUT2D eigenvalue weighted by atomic mass is 127. The molecule has 1 aliphatic carbocycles. The number of carbonyl (C=O) groups is 1. The van der Waals surface area contributed by atoms with Crippen molar-refractivity contribution < 1.29 is 17.9 Å². The Labute approximate surface area is 199 Å². The lowest BCUT2D eigenvalue weighted by Gasteiger charge is -2.40. The first-order valence-corrected chi connectivity index (χ1v) is 12.7. The van der Waals surface area contributed by atoms with Crippen LogP contribution in [0.15, 0.2) is 4.99 Å². The van der Waals surface area contributed by atoms with Crippen molar-refractivity contribution in [2.24, 2.45) is 10.9 Å². The van der Waals surface area contributed by atoms with Gasteiger partial charge in [-0.05, 0) is 58.8 Å². The molecule has 1 amide bonds. The number of hydrogen-bond acceptors (Lipinski definition) is 5. The maximum Gasteiger partial charge on any atom is 0.410 e. The summed E-state index contributed by atoms with van der Waals surface area (Å²) in [6.45, 7) is 8.69. The second kappa shape index (κ2) is 11.7. The number of ether oxygens (including phenoxy) is 1. The van der Waals surface area contributed by atoms with Gasteiger partial charge in [0.05, 0.1) is 5.75 Å². The van der Waals surface area contributed by atoms with E-state index in [0.29, 0.717) is 18.9 Å². The zero-order chi connectivity index (χ0) is 21.7. The maximum atomic E-state index is 12.8. The van der Waals surface area contributed by atoms with Crippen molar-refractivity contribution >= 4 is 45.9 Å². The zero-order valence-electron chi connectivity index (χ0n) is 19.0. The van der Waals surface area contributed by atoms with Gasteiger partial charge in [-0.25, -0.2) is 13.2 Å². The van der Waals surface area contributed by atoms with Crippen LogP contribution in [0.2, 0.25) is 0 Å². The smallest absolute Gasteiger partial charge is 0.410 e. The molecule has 0 aromatic heterocycles. The first-order chi connectivity index (χ1) is 13.5. The first kappa shape index (κ1) is 27.3. The van der Waals surface area contributed by atoms with Crippen LogP contribution in [0.25, 0.3) is 0 Å². The highest BCUT2D eigenvalue weighted by molar-refractivity contribution is 14.0. The molecule has 0 aromatic carbocycles. The van der Waals surface area contributed by atoms with E-state index in [9.17, 15) is 13.2 Å². The molecule has 0 spiro atoms. The quantitative estimate of drug-likeness (QED) is 0.224. The second-order valence-corrected chi connectivity index (χ2v) is 11.5. The standard InChI is InChI=1S/C20H38N4O4S.HI/c1-20(2,3)28-19(25)24(15-16-7-8-16)17-9-12-23(13-10-17)18(21-4)22-11-6-14-29(5,26)27;/h16-17H,6-15H2,1-5H3,(H,21,22);1H. The van der Waals surface area contributed by atoms with Crippen LogP contribution in [0.5, 0.6) is 0 Å². The lowest BCUT2D eigenvalue weighted by molar-refractivity contribution is 0.00928. The summed E-state index contributed by atoms with van der Waals surface area (Å²) < 4.78 is 28.2. The number of nitrogens with one attached hydrogen (secondary N) is 1. The van der Waals surface area contributed by atoms with Crippen molar-refractivity contribution in [2.75, 3.05) is 45.2 Å². The van der Waals surface area contributed by atoms with Crippen LogP contribution in [0.3, 0.4) is 0 Å². The third-order valence-corrected chi connectivity index (χ3v) is 6.20. The molecule has 1 saturated heterocycles. The summed E-state index contributed by atoms with van der Waals surface area (Å²) in [6, 6.07) is 0.185. The van der Waals surface area contributed by atoms with Gasteiger partial charge < -0.3 is 19.9 Å². The van der Waals surface area contributed by atoms with Gasteiger partial charge in [0, 0.05) is 45.5 Å². The Balaban J connectivity index is 0.00000450. The van der Waals surface area contributed by atoms with Gasteiger partial charge in [0.25, 0.3) is 0 Å². The molecular formula is C20H39IN4O4S. The summed E-state index contributed by atoms with van der Waals surface area (Å²) in [7, 11) is -1.20. The van der Waals surface area contributed by atoms with Crippen molar-refractivity contribution in [2.45, 2.75) is 64.5 Å². The van der Waals surface area contributed by atoms with Crippen molar-refractivity contribution in [3.8, 4) is 0 Å². The highest BCUT2D eigenvalue weighted by Gasteiger charge is 2.35. The van der Waals surface area contributed by atoms with Crippen LogP contribution in [0.4, 0.5) is 4.79 Å². The SMILES string of the molecule is CN=C(NCCCS(C)(=O)=O)N1CCC(N(CC2CC2)C(=O)OC(C)(C)C)CC1.I. The van der Waals surface area contributed by atoms with Gasteiger partial charge >= 0.3 is 6.09 Å². The molecule has 0 bridgehead atoms. The number of halogens is 1. The number of aliphatic imine (C=N–C) groups is 1. The van der Waals surface area contributed by atoms with Gasteiger partial charge in [0.15, 0.2) is 5.96 Å². The van der Waals surface area contributed by atoms with Crippen molar-refractivity contribution in [1.82, 2.24) is 15.1 Å². The van der Waals surface area contributed by atoms with E-state index < -0.39 is 15.4 Å². The van der Waals surface area contributed by atoms with E-state index in [2.05, 4.69) is 15.2 Å². The van der Waals surface area contributed by atoms with Crippen LogP contribution >= 0.6 is 24.0 Å². The number of amides is 1. The van der Waals surface area contributed by atoms with Crippen LogP contribution in [-0.2, 0) is 14.6 Å². The lowest BCUT2D eigenvalue weighted by atomic mass is 10.0. The van der Waals surface area contributed by atoms with Crippen molar-refractivity contribution in [3.05, 3.63) is 0 Å². The minimum absolute atomic E-state index is 0. The molecule has 0 radical (unpaired) electrons. The molecule has 0 atom stereocenters. The van der Waals surface area contributed by atoms with Crippen LogP contribution < -0.4 is 5.32 Å². The fraction of sp³-hybridized carbons (Fsp3) is 0.900. The molecule has 176 valence electrons. The maximum absolute atomic E-state index is 12.8. The Bertz CT molecular complexity index is 681. The molecule has 10 heteroatoms. The normalized spacial score (nSPS) is 18.6. The van der Waals surface area contributed by atoms with Crippen LogP contribution in [0.1, 0.15) is 52.9 Å². The molecule has 0 unspecified atom stereocenters. The van der Waals surface area contributed by atoms with E-state index in [1.54, 1.807) is 7.05 Å².